The van der Waals surface area contributed by atoms with Gasteiger partial charge >= 0.3 is 0 Å². The minimum Gasteiger partial charge on any atom is -0.394 e. The largest absolute Gasteiger partial charge is 0.394 e. The monoisotopic (exact) mass is 271 g/mol. The minimum absolute atomic E-state index is 0.0736. The molecule has 1 saturated heterocycles. The van der Waals surface area contributed by atoms with E-state index >= 15 is 0 Å². The lowest BCUT2D eigenvalue weighted by molar-refractivity contribution is 0.147. The van der Waals surface area contributed by atoms with E-state index in [1.54, 1.807) is 0 Å². The average Bonchev–Trinajstić information content (AvgIpc) is 2.95. The van der Waals surface area contributed by atoms with Crippen LogP contribution in [0.3, 0.4) is 0 Å². The molecule has 0 aromatic heterocycles. The molecule has 1 rings (SSSR count). The number of hydrogen-bond acceptors (Lipinski definition) is 4. The van der Waals surface area contributed by atoms with Gasteiger partial charge in [-0.25, -0.2) is 0 Å². The Morgan fingerprint density at radius 2 is 1.95 bits per heavy atom. The third-order valence-corrected chi connectivity index (χ3v) is 4.70. The number of nitrogens with zero attached hydrogens (tertiary/aromatic N) is 2. The van der Waals surface area contributed by atoms with E-state index in [-0.39, 0.29) is 12.1 Å². The van der Waals surface area contributed by atoms with Gasteiger partial charge in [-0.3, -0.25) is 0 Å². The van der Waals surface area contributed by atoms with E-state index in [0.717, 1.165) is 32.4 Å². The highest BCUT2D eigenvalue weighted by Crippen LogP contribution is 2.16. The molecule has 114 valence electrons. The number of aliphatic hydroxyl groups is 1. The molecule has 1 atom stereocenters. The topological polar surface area (TPSA) is 38.7 Å². The number of hydrogen-bond donors (Lipinski definition) is 2. The van der Waals surface area contributed by atoms with Crippen LogP contribution in [0.2, 0.25) is 0 Å². The summed E-state index contributed by atoms with van der Waals surface area (Å²) in [5.41, 5.74) is -0.0736. The zero-order valence-electron chi connectivity index (χ0n) is 13.1. The van der Waals surface area contributed by atoms with Gasteiger partial charge in [0.2, 0.25) is 0 Å². The van der Waals surface area contributed by atoms with E-state index < -0.39 is 0 Å². The molecular formula is C15H33N3O. The third-order valence-electron chi connectivity index (χ3n) is 4.70. The van der Waals surface area contributed by atoms with Crippen LogP contribution in [0.25, 0.3) is 0 Å². The van der Waals surface area contributed by atoms with Crippen LogP contribution in [0, 0.1) is 0 Å². The van der Waals surface area contributed by atoms with Crippen molar-refractivity contribution >= 4 is 0 Å². The van der Waals surface area contributed by atoms with Crippen molar-refractivity contribution in [2.45, 2.75) is 44.6 Å². The number of likely N-dealkylation sites (tertiary alicyclic amines) is 1. The highest BCUT2D eigenvalue weighted by atomic mass is 16.3. The summed E-state index contributed by atoms with van der Waals surface area (Å²) in [5.74, 6) is 0. The third kappa shape index (κ3) is 5.78. The van der Waals surface area contributed by atoms with Crippen LogP contribution in [0.1, 0.15) is 39.0 Å². The molecule has 0 aromatic rings. The summed E-state index contributed by atoms with van der Waals surface area (Å²) >= 11 is 0. The van der Waals surface area contributed by atoms with E-state index in [1.165, 1.54) is 32.5 Å². The molecule has 0 aromatic carbocycles. The molecule has 0 saturated carbocycles. The van der Waals surface area contributed by atoms with Crippen molar-refractivity contribution in [3.8, 4) is 0 Å². The van der Waals surface area contributed by atoms with Crippen molar-refractivity contribution in [2.75, 3.05) is 53.4 Å². The predicted molar refractivity (Wildman–Crippen MR) is 81.6 cm³/mol. The Kier molecular flexibility index (Phi) is 7.91. The lowest BCUT2D eigenvalue weighted by atomic mass is 9.91. The maximum Gasteiger partial charge on any atom is 0.0613 e. The Hall–Kier alpha value is -0.160. The second-order valence-corrected chi connectivity index (χ2v) is 6.00. The highest BCUT2D eigenvalue weighted by Gasteiger charge is 2.24. The second kappa shape index (κ2) is 8.90. The normalized spacial score (nSPS) is 20.1. The van der Waals surface area contributed by atoms with Gasteiger partial charge in [0.25, 0.3) is 0 Å². The second-order valence-electron chi connectivity index (χ2n) is 6.00. The van der Waals surface area contributed by atoms with Crippen molar-refractivity contribution in [2.24, 2.45) is 0 Å². The first-order chi connectivity index (χ1) is 9.15. The van der Waals surface area contributed by atoms with Gasteiger partial charge in [0.1, 0.15) is 0 Å². The first-order valence-corrected chi connectivity index (χ1v) is 7.86. The molecule has 0 amide bonds. The molecule has 1 unspecified atom stereocenters. The Bertz CT molecular complexity index is 217. The summed E-state index contributed by atoms with van der Waals surface area (Å²) in [4.78, 5) is 4.99. The fourth-order valence-corrected chi connectivity index (χ4v) is 2.87. The van der Waals surface area contributed by atoms with E-state index in [1.807, 2.05) is 7.05 Å². The fourth-order valence-electron chi connectivity index (χ4n) is 2.87. The number of nitrogens with one attached hydrogen (secondary N) is 1. The van der Waals surface area contributed by atoms with Crippen molar-refractivity contribution in [1.82, 2.24) is 15.1 Å². The molecule has 0 radical (unpaired) electrons. The summed E-state index contributed by atoms with van der Waals surface area (Å²) in [6.45, 7) is 8.45. The lowest BCUT2D eigenvalue weighted by Crippen LogP contribution is -2.46. The van der Waals surface area contributed by atoms with Gasteiger partial charge in [0.15, 0.2) is 0 Å². The van der Waals surface area contributed by atoms with Crippen LogP contribution >= 0.6 is 0 Å². The Balaban J connectivity index is 2.13. The van der Waals surface area contributed by atoms with Gasteiger partial charge < -0.3 is 20.2 Å². The fraction of sp³-hybridized carbons (Fsp3) is 1.00. The molecule has 2 N–H and O–H groups in total. The molecule has 4 nitrogen and oxygen atoms in total. The molecule has 0 aliphatic carbocycles. The number of likely N-dealkylation sites (N-methyl/N-ethyl adjacent to an activating group) is 2. The molecule has 19 heavy (non-hydrogen) atoms. The van der Waals surface area contributed by atoms with Crippen LogP contribution in [-0.2, 0) is 0 Å². The molecule has 1 aliphatic rings. The van der Waals surface area contributed by atoms with Crippen LogP contribution in [0.4, 0.5) is 0 Å². The van der Waals surface area contributed by atoms with Crippen LogP contribution in [0.5, 0.6) is 0 Å². The molecule has 1 heterocycles. The molecule has 1 aliphatic heterocycles. The van der Waals surface area contributed by atoms with Gasteiger partial charge in [-0.15, -0.1) is 0 Å². The van der Waals surface area contributed by atoms with E-state index in [2.05, 4.69) is 29.1 Å². The Labute approximate surface area is 119 Å². The summed E-state index contributed by atoms with van der Waals surface area (Å²) in [7, 11) is 4.17. The van der Waals surface area contributed by atoms with Gasteiger partial charge in [0.05, 0.1) is 6.61 Å². The molecule has 1 fully saturated rings. The Morgan fingerprint density at radius 1 is 1.26 bits per heavy atom. The van der Waals surface area contributed by atoms with Crippen LogP contribution in [-0.4, -0.2) is 73.9 Å². The Morgan fingerprint density at radius 3 is 2.47 bits per heavy atom. The number of rotatable bonds is 10. The van der Waals surface area contributed by atoms with Gasteiger partial charge in [-0.05, 0) is 65.8 Å². The zero-order valence-corrected chi connectivity index (χ0v) is 13.1. The zero-order chi connectivity index (χ0) is 14.1. The van der Waals surface area contributed by atoms with Crippen LogP contribution in [0.15, 0.2) is 0 Å². The van der Waals surface area contributed by atoms with Crippen molar-refractivity contribution < 1.29 is 5.11 Å². The smallest absolute Gasteiger partial charge is 0.0613 e. The van der Waals surface area contributed by atoms with Gasteiger partial charge in [0, 0.05) is 18.6 Å². The number of aliphatic hydroxyl groups excluding tert-OH is 1. The minimum atomic E-state index is -0.0736. The summed E-state index contributed by atoms with van der Waals surface area (Å²) in [6.07, 6.45) is 5.93. The molecule has 4 heteroatoms. The van der Waals surface area contributed by atoms with Crippen molar-refractivity contribution in [3.63, 3.8) is 0 Å². The summed E-state index contributed by atoms with van der Waals surface area (Å²) < 4.78 is 0. The molecular weight excluding hydrogens is 238 g/mol. The average molecular weight is 271 g/mol. The molecule has 0 bridgehead atoms. The predicted octanol–water partition coefficient (Wildman–Crippen LogP) is 1.15. The summed E-state index contributed by atoms with van der Waals surface area (Å²) in [6, 6.07) is 0. The van der Waals surface area contributed by atoms with E-state index in [4.69, 9.17) is 0 Å². The van der Waals surface area contributed by atoms with Crippen molar-refractivity contribution in [1.29, 1.82) is 0 Å². The highest BCUT2D eigenvalue weighted by molar-refractivity contribution is 4.84. The van der Waals surface area contributed by atoms with E-state index in [9.17, 15) is 5.11 Å². The van der Waals surface area contributed by atoms with E-state index in [0.29, 0.717) is 0 Å². The van der Waals surface area contributed by atoms with Crippen molar-refractivity contribution in [3.05, 3.63) is 0 Å². The lowest BCUT2D eigenvalue weighted by Gasteiger charge is -2.31. The SMILES string of the molecule is CCC(CO)(CCCN(C)CCN1CCCC1)NC. The molecule has 0 spiro atoms. The summed E-state index contributed by atoms with van der Waals surface area (Å²) in [5, 5.41) is 12.8. The quantitative estimate of drug-likeness (QED) is 0.625. The first-order valence-electron chi connectivity index (χ1n) is 7.86. The standard InChI is InChI=1S/C15H33N3O/c1-4-15(14-19,16-2)8-7-9-17(3)12-13-18-10-5-6-11-18/h16,19H,4-14H2,1-3H3. The first kappa shape index (κ1) is 16.9. The van der Waals surface area contributed by atoms with Gasteiger partial charge in [-0.2, -0.15) is 0 Å². The maximum absolute atomic E-state index is 9.51. The maximum atomic E-state index is 9.51. The van der Waals surface area contributed by atoms with Gasteiger partial charge in [-0.1, -0.05) is 6.92 Å². The van der Waals surface area contributed by atoms with Crippen LogP contribution < -0.4 is 5.32 Å².